The van der Waals surface area contributed by atoms with E-state index in [9.17, 15) is 9.18 Å². The van der Waals surface area contributed by atoms with E-state index in [2.05, 4.69) is 21.0 Å². The predicted octanol–water partition coefficient (Wildman–Crippen LogP) is 7.18. The second kappa shape index (κ2) is 10.8. The van der Waals surface area contributed by atoms with Crippen molar-refractivity contribution < 1.29 is 18.3 Å². The first kappa shape index (κ1) is 25.5. The Bertz CT molecular complexity index is 1930. The molecule has 0 fully saturated rings. The number of methoxy groups -OCH3 is 1. The van der Waals surface area contributed by atoms with Gasteiger partial charge in [0.2, 0.25) is 5.82 Å². The van der Waals surface area contributed by atoms with Crippen molar-refractivity contribution in [3.63, 3.8) is 0 Å². The lowest BCUT2D eigenvalue weighted by Crippen LogP contribution is -2.20. The lowest BCUT2D eigenvalue weighted by molar-refractivity contribution is 0.279. The Hall–Kier alpha value is -4.76. The second-order valence-electron chi connectivity index (χ2n) is 8.87. The highest BCUT2D eigenvalue weighted by molar-refractivity contribution is 9.10. The molecule has 4 aromatic carbocycles. The molecule has 0 saturated carbocycles. The van der Waals surface area contributed by atoms with E-state index < -0.39 is 0 Å². The lowest BCUT2D eigenvalue weighted by atomic mass is 10.2. The first-order valence-corrected chi connectivity index (χ1v) is 13.1. The molecule has 0 bridgehead atoms. The normalized spacial score (nSPS) is 11.5. The van der Waals surface area contributed by atoms with Crippen molar-refractivity contribution in [3.8, 4) is 23.1 Å². The smallest absolute Gasteiger partial charge is 0.282 e. The monoisotopic (exact) mass is 597 g/mol. The summed E-state index contributed by atoms with van der Waals surface area (Å²) in [5.74, 6) is 1.01. The summed E-state index contributed by atoms with van der Waals surface area (Å²) in [4.78, 5) is 18.4. The molecule has 0 aliphatic heterocycles. The van der Waals surface area contributed by atoms with Gasteiger partial charge in [-0.15, -0.1) is 0 Å². The summed E-state index contributed by atoms with van der Waals surface area (Å²) in [6.07, 6.45) is 1.48. The molecule has 0 aliphatic carbocycles. The number of ether oxygens (including phenoxy) is 2. The first-order chi connectivity index (χ1) is 19.5. The molecule has 2 heterocycles. The first-order valence-electron chi connectivity index (χ1n) is 12.3. The van der Waals surface area contributed by atoms with Crippen LogP contribution in [0.1, 0.15) is 11.1 Å². The minimum absolute atomic E-state index is 0.0345. The van der Waals surface area contributed by atoms with Crippen LogP contribution in [0.3, 0.4) is 0 Å². The van der Waals surface area contributed by atoms with E-state index >= 15 is 0 Å². The van der Waals surface area contributed by atoms with E-state index in [1.54, 1.807) is 48.5 Å². The molecule has 7 nitrogen and oxygen atoms in total. The quantitative estimate of drug-likeness (QED) is 0.182. The van der Waals surface area contributed by atoms with Crippen LogP contribution in [0.4, 0.5) is 4.39 Å². The number of halogens is 2. The van der Waals surface area contributed by atoms with E-state index in [0.29, 0.717) is 49.3 Å². The zero-order chi connectivity index (χ0) is 27.6. The summed E-state index contributed by atoms with van der Waals surface area (Å²) in [6, 6.07) is 26.3. The van der Waals surface area contributed by atoms with Crippen molar-refractivity contribution in [2.75, 3.05) is 7.11 Å². The van der Waals surface area contributed by atoms with Crippen LogP contribution in [0.15, 0.2) is 110 Å². The number of para-hydroxylation sites is 2. The third-order valence-electron chi connectivity index (χ3n) is 6.31. The van der Waals surface area contributed by atoms with Gasteiger partial charge in [0, 0.05) is 21.0 Å². The Morgan fingerprint density at radius 2 is 1.80 bits per heavy atom. The highest BCUT2D eigenvalue weighted by Gasteiger charge is 2.18. The zero-order valence-corrected chi connectivity index (χ0v) is 22.8. The van der Waals surface area contributed by atoms with Crippen molar-refractivity contribution in [2.45, 2.75) is 6.61 Å². The number of benzene rings is 4. The van der Waals surface area contributed by atoms with Crippen molar-refractivity contribution in [1.29, 1.82) is 0 Å². The van der Waals surface area contributed by atoms with Gasteiger partial charge in [0.05, 0.1) is 24.2 Å². The summed E-state index contributed by atoms with van der Waals surface area (Å²) < 4.78 is 33.8. The SMILES string of the molecule is COc1cc(Br)cc(C=Nn2c(-c3cc4ccccc4o3)nc3ccccc3c2=O)c1OCc1ccccc1F. The number of hydrogen-bond acceptors (Lipinski definition) is 6. The minimum Gasteiger partial charge on any atom is -0.493 e. The Labute approximate surface area is 236 Å². The molecule has 0 aliphatic rings. The summed E-state index contributed by atoms with van der Waals surface area (Å²) >= 11 is 3.49. The van der Waals surface area contributed by atoms with Gasteiger partial charge in [0.1, 0.15) is 18.0 Å². The Morgan fingerprint density at radius 3 is 2.62 bits per heavy atom. The van der Waals surface area contributed by atoms with Crippen LogP contribution in [0.5, 0.6) is 11.5 Å². The van der Waals surface area contributed by atoms with E-state index in [0.717, 1.165) is 5.39 Å². The molecule has 0 unspecified atom stereocenters. The van der Waals surface area contributed by atoms with Crippen LogP contribution >= 0.6 is 15.9 Å². The molecule has 0 atom stereocenters. The fourth-order valence-corrected chi connectivity index (χ4v) is 4.81. The Balaban J connectivity index is 1.48. The molecule has 6 rings (SSSR count). The van der Waals surface area contributed by atoms with Crippen molar-refractivity contribution >= 4 is 44.0 Å². The number of nitrogens with zero attached hydrogens (tertiary/aromatic N) is 3. The van der Waals surface area contributed by atoms with E-state index in [1.807, 2.05) is 36.4 Å². The molecular weight excluding hydrogens is 577 g/mol. The largest absolute Gasteiger partial charge is 0.493 e. The van der Waals surface area contributed by atoms with Gasteiger partial charge in [0.15, 0.2) is 17.3 Å². The molecular formula is C31H21BrFN3O4. The van der Waals surface area contributed by atoms with Gasteiger partial charge in [0.25, 0.3) is 5.56 Å². The van der Waals surface area contributed by atoms with Gasteiger partial charge >= 0.3 is 0 Å². The van der Waals surface area contributed by atoms with Crippen LogP contribution in [-0.2, 0) is 6.61 Å². The summed E-state index contributed by atoms with van der Waals surface area (Å²) in [6.45, 7) is -0.0345. The lowest BCUT2D eigenvalue weighted by Gasteiger charge is -2.14. The summed E-state index contributed by atoms with van der Waals surface area (Å²) in [7, 11) is 1.51. The van der Waals surface area contributed by atoms with Gasteiger partial charge in [-0.25, -0.2) is 9.37 Å². The molecule has 0 radical (unpaired) electrons. The zero-order valence-electron chi connectivity index (χ0n) is 21.2. The maximum absolute atomic E-state index is 14.3. The molecule has 40 heavy (non-hydrogen) atoms. The van der Waals surface area contributed by atoms with Gasteiger partial charge in [-0.2, -0.15) is 9.78 Å². The van der Waals surface area contributed by atoms with Gasteiger partial charge in [-0.05, 0) is 42.5 Å². The third kappa shape index (κ3) is 4.87. The van der Waals surface area contributed by atoms with Crippen LogP contribution in [0.25, 0.3) is 33.5 Å². The number of rotatable bonds is 7. The number of furan rings is 1. The van der Waals surface area contributed by atoms with E-state index in [4.69, 9.17) is 18.9 Å². The number of aromatic nitrogens is 2. The molecule has 9 heteroatoms. The molecule has 0 spiro atoms. The Morgan fingerprint density at radius 1 is 1.02 bits per heavy atom. The predicted molar refractivity (Wildman–Crippen MR) is 156 cm³/mol. The molecule has 6 aromatic rings. The molecule has 198 valence electrons. The van der Waals surface area contributed by atoms with Crippen LogP contribution in [0.2, 0.25) is 0 Å². The van der Waals surface area contributed by atoms with Crippen LogP contribution in [-0.4, -0.2) is 23.0 Å². The second-order valence-corrected chi connectivity index (χ2v) is 9.78. The fourth-order valence-electron chi connectivity index (χ4n) is 4.36. The fraction of sp³-hybridized carbons (Fsp3) is 0.0645. The topological polar surface area (TPSA) is 78.9 Å². The van der Waals surface area contributed by atoms with Crippen LogP contribution < -0.4 is 15.0 Å². The highest BCUT2D eigenvalue weighted by Crippen LogP contribution is 2.35. The van der Waals surface area contributed by atoms with E-state index in [1.165, 1.54) is 24.1 Å². The van der Waals surface area contributed by atoms with Gasteiger partial charge in [-0.1, -0.05) is 64.5 Å². The van der Waals surface area contributed by atoms with Gasteiger partial charge < -0.3 is 13.9 Å². The Kier molecular flexibility index (Phi) is 6.88. The molecule has 0 N–H and O–H groups in total. The number of hydrogen-bond donors (Lipinski definition) is 0. The van der Waals surface area contributed by atoms with Crippen molar-refractivity contribution in [3.05, 3.63) is 123 Å². The average Bonchev–Trinajstić information content (AvgIpc) is 3.41. The molecule has 2 aromatic heterocycles. The average molecular weight is 598 g/mol. The molecule has 0 amide bonds. The summed E-state index contributed by atoms with van der Waals surface area (Å²) in [5.41, 5.74) is 1.70. The van der Waals surface area contributed by atoms with Crippen molar-refractivity contribution in [2.24, 2.45) is 5.10 Å². The van der Waals surface area contributed by atoms with Crippen molar-refractivity contribution in [1.82, 2.24) is 9.66 Å². The number of fused-ring (bicyclic) bond motifs is 2. The minimum atomic E-state index is -0.377. The molecule has 0 saturated heterocycles. The van der Waals surface area contributed by atoms with Crippen LogP contribution in [0, 0.1) is 5.82 Å². The van der Waals surface area contributed by atoms with Gasteiger partial charge in [-0.3, -0.25) is 4.79 Å². The highest BCUT2D eigenvalue weighted by atomic mass is 79.9. The maximum Gasteiger partial charge on any atom is 0.282 e. The third-order valence-corrected chi connectivity index (χ3v) is 6.77. The maximum atomic E-state index is 14.3. The summed E-state index contributed by atoms with van der Waals surface area (Å²) in [5, 5.41) is 5.82. The van der Waals surface area contributed by atoms with E-state index in [-0.39, 0.29) is 23.8 Å². The standard InChI is InChI=1S/C31H21BrFN3O4/c1-38-27-16-22(32)14-21(29(27)39-18-20-9-2-5-11-24(20)33)17-34-36-30(28-15-19-8-3-7-13-26(19)40-28)35-25-12-6-4-10-23(25)31(36)37/h2-17H,18H2,1H3.